The highest BCUT2D eigenvalue weighted by Gasteiger charge is 2.06. The first-order valence-electron chi connectivity index (χ1n) is 7.68. The maximum Gasteiger partial charge on any atom is 0.315 e. The molecule has 0 aliphatic rings. The minimum absolute atomic E-state index is 0.0740. The molecule has 2 rings (SSSR count). The largest absolute Gasteiger partial charge is 0.491 e. The Morgan fingerprint density at radius 2 is 1.92 bits per heavy atom. The lowest BCUT2D eigenvalue weighted by atomic mass is 10.1. The van der Waals surface area contributed by atoms with Crippen LogP contribution in [0.5, 0.6) is 5.75 Å². The van der Waals surface area contributed by atoms with Gasteiger partial charge in [-0.1, -0.05) is 30.3 Å². The average Bonchev–Trinajstić information content (AvgIpc) is 2.59. The van der Waals surface area contributed by atoms with Crippen LogP contribution in [-0.2, 0) is 13.1 Å². The monoisotopic (exact) mass is 332 g/mol. The van der Waals surface area contributed by atoms with Crippen LogP contribution in [-0.4, -0.2) is 24.4 Å². The molecular formula is C18H21FN2O3. The van der Waals surface area contributed by atoms with Crippen LogP contribution >= 0.6 is 0 Å². The number of aliphatic hydroxyl groups excluding tert-OH is 1. The summed E-state index contributed by atoms with van der Waals surface area (Å²) in [5.41, 5.74) is 2.07. The van der Waals surface area contributed by atoms with Crippen molar-refractivity contribution in [3.63, 3.8) is 0 Å². The maximum atomic E-state index is 13.5. The summed E-state index contributed by atoms with van der Waals surface area (Å²) >= 11 is 0. The number of ether oxygens (including phenoxy) is 1. The van der Waals surface area contributed by atoms with Crippen molar-refractivity contribution in [2.24, 2.45) is 0 Å². The topological polar surface area (TPSA) is 70.6 Å². The number of amides is 2. The van der Waals surface area contributed by atoms with Crippen molar-refractivity contribution in [1.29, 1.82) is 0 Å². The molecule has 0 spiro atoms. The van der Waals surface area contributed by atoms with Crippen molar-refractivity contribution in [3.05, 3.63) is 65.0 Å². The molecule has 24 heavy (non-hydrogen) atoms. The third kappa shape index (κ3) is 5.24. The summed E-state index contributed by atoms with van der Waals surface area (Å²) in [5.74, 6) is 0.331. The van der Waals surface area contributed by atoms with E-state index in [0.717, 1.165) is 5.56 Å². The van der Waals surface area contributed by atoms with Crippen LogP contribution in [0.15, 0.2) is 42.5 Å². The van der Waals surface area contributed by atoms with Crippen molar-refractivity contribution >= 4 is 6.03 Å². The third-order valence-corrected chi connectivity index (χ3v) is 3.45. The Hall–Kier alpha value is -2.60. The molecule has 0 fully saturated rings. The van der Waals surface area contributed by atoms with Gasteiger partial charge in [-0.2, -0.15) is 0 Å². The van der Waals surface area contributed by atoms with Gasteiger partial charge in [-0.25, -0.2) is 9.18 Å². The lowest BCUT2D eigenvalue weighted by Gasteiger charge is -2.12. The second-order valence-electron chi connectivity index (χ2n) is 5.30. The highest BCUT2D eigenvalue weighted by atomic mass is 19.1. The highest BCUT2D eigenvalue weighted by Crippen LogP contribution is 2.17. The van der Waals surface area contributed by atoms with E-state index < -0.39 is 0 Å². The fraction of sp³-hybridized carbons (Fsp3) is 0.278. The van der Waals surface area contributed by atoms with Crippen LogP contribution in [0.2, 0.25) is 0 Å². The first-order chi connectivity index (χ1) is 11.6. The Balaban J connectivity index is 1.84. The number of carbonyl (C=O) groups is 1. The van der Waals surface area contributed by atoms with E-state index >= 15 is 0 Å². The van der Waals surface area contributed by atoms with Crippen LogP contribution in [0.4, 0.5) is 9.18 Å². The lowest BCUT2D eigenvalue weighted by Crippen LogP contribution is -2.34. The number of aliphatic hydroxyl groups is 1. The summed E-state index contributed by atoms with van der Waals surface area (Å²) in [6.45, 7) is 2.34. The number of urea groups is 1. The summed E-state index contributed by atoms with van der Waals surface area (Å²) in [7, 11) is 0. The standard InChI is InChI=1S/C18H21FN2O3/c1-13-6-7-14(10-16(13)19)11-20-18(23)21-12-15-4-2-3-5-17(15)24-9-8-22/h2-7,10,22H,8-9,11-12H2,1H3,(H2,20,21,23). The minimum Gasteiger partial charge on any atom is -0.491 e. The fourth-order valence-corrected chi connectivity index (χ4v) is 2.11. The molecule has 0 atom stereocenters. The number of carbonyl (C=O) groups excluding carboxylic acids is 1. The first kappa shape index (κ1) is 17.7. The second kappa shape index (κ2) is 8.88. The Kier molecular flexibility index (Phi) is 6.57. The Morgan fingerprint density at radius 3 is 2.67 bits per heavy atom. The van der Waals surface area contributed by atoms with Gasteiger partial charge in [-0.15, -0.1) is 0 Å². The molecule has 0 aromatic heterocycles. The van der Waals surface area contributed by atoms with Crippen molar-refractivity contribution < 1.29 is 19.0 Å². The number of aryl methyl sites for hydroxylation is 1. The molecule has 0 saturated heterocycles. The quantitative estimate of drug-likeness (QED) is 0.729. The molecule has 2 amide bonds. The van der Waals surface area contributed by atoms with Crippen molar-refractivity contribution in [2.45, 2.75) is 20.0 Å². The van der Waals surface area contributed by atoms with E-state index in [4.69, 9.17) is 9.84 Å². The normalized spacial score (nSPS) is 10.3. The predicted octanol–water partition coefficient (Wildman–Crippen LogP) is 2.50. The molecule has 0 saturated carbocycles. The van der Waals surface area contributed by atoms with Crippen molar-refractivity contribution in [1.82, 2.24) is 10.6 Å². The molecular weight excluding hydrogens is 311 g/mol. The molecule has 0 aliphatic carbocycles. The van der Waals surface area contributed by atoms with Gasteiger partial charge in [0.2, 0.25) is 0 Å². The smallest absolute Gasteiger partial charge is 0.315 e. The summed E-state index contributed by atoms with van der Waals surface area (Å²) in [5, 5.41) is 14.2. The second-order valence-corrected chi connectivity index (χ2v) is 5.30. The van der Waals surface area contributed by atoms with Gasteiger partial charge in [0.1, 0.15) is 18.2 Å². The number of hydrogen-bond donors (Lipinski definition) is 3. The highest BCUT2D eigenvalue weighted by molar-refractivity contribution is 5.73. The summed E-state index contributed by atoms with van der Waals surface area (Å²) in [6, 6.07) is 11.8. The zero-order chi connectivity index (χ0) is 17.4. The van der Waals surface area contributed by atoms with Gasteiger partial charge in [0, 0.05) is 18.7 Å². The van der Waals surface area contributed by atoms with Gasteiger partial charge in [-0.05, 0) is 30.2 Å². The summed E-state index contributed by atoms with van der Waals surface area (Å²) < 4.78 is 18.9. The molecule has 128 valence electrons. The van der Waals surface area contributed by atoms with E-state index in [0.29, 0.717) is 16.9 Å². The molecule has 3 N–H and O–H groups in total. The number of rotatable bonds is 7. The third-order valence-electron chi connectivity index (χ3n) is 3.45. The van der Waals surface area contributed by atoms with Crippen LogP contribution < -0.4 is 15.4 Å². The van der Waals surface area contributed by atoms with E-state index in [1.807, 2.05) is 18.2 Å². The van der Waals surface area contributed by atoms with Crippen LogP contribution in [0.25, 0.3) is 0 Å². The minimum atomic E-state index is -0.354. The number of nitrogens with one attached hydrogen (secondary N) is 2. The molecule has 2 aromatic carbocycles. The number of halogens is 1. The van der Waals surface area contributed by atoms with Gasteiger partial charge < -0.3 is 20.5 Å². The van der Waals surface area contributed by atoms with Crippen molar-refractivity contribution in [2.75, 3.05) is 13.2 Å². The van der Waals surface area contributed by atoms with E-state index in [1.54, 1.807) is 25.1 Å². The Morgan fingerprint density at radius 1 is 1.17 bits per heavy atom. The summed E-state index contributed by atoms with van der Waals surface area (Å²) in [4.78, 5) is 11.9. The van der Waals surface area contributed by atoms with Gasteiger partial charge in [0.25, 0.3) is 0 Å². The maximum absolute atomic E-state index is 13.5. The van der Waals surface area contributed by atoms with Crippen molar-refractivity contribution in [3.8, 4) is 5.75 Å². The fourth-order valence-electron chi connectivity index (χ4n) is 2.11. The zero-order valence-corrected chi connectivity index (χ0v) is 13.5. The molecule has 0 unspecified atom stereocenters. The predicted molar refractivity (Wildman–Crippen MR) is 89.2 cm³/mol. The molecule has 0 bridgehead atoms. The lowest BCUT2D eigenvalue weighted by molar-refractivity contribution is 0.200. The van der Waals surface area contributed by atoms with Gasteiger partial charge >= 0.3 is 6.03 Å². The Bertz CT molecular complexity index is 692. The van der Waals surface area contributed by atoms with E-state index in [-0.39, 0.29) is 38.2 Å². The first-order valence-corrected chi connectivity index (χ1v) is 7.68. The van der Waals surface area contributed by atoms with Crippen LogP contribution in [0.3, 0.4) is 0 Å². The number of hydrogen-bond acceptors (Lipinski definition) is 3. The van der Waals surface area contributed by atoms with Gasteiger partial charge in [0.05, 0.1) is 6.61 Å². The van der Waals surface area contributed by atoms with Crippen LogP contribution in [0, 0.1) is 12.7 Å². The van der Waals surface area contributed by atoms with E-state index in [1.165, 1.54) is 6.07 Å². The number of benzene rings is 2. The van der Waals surface area contributed by atoms with E-state index in [2.05, 4.69) is 10.6 Å². The van der Waals surface area contributed by atoms with Gasteiger partial charge in [-0.3, -0.25) is 0 Å². The van der Waals surface area contributed by atoms with E-state index in [9.17, 15) is 9.18 Å². The molecule has 6 heteroatoms. The summed E-state index contributed by atoms with van der Waals surface area (Å²) in [6.07, 6.45) is 0. The molecule has 0 heterocycles. The molecule has 0 radical (unpaired) electrons. The average molecular weight is 332 g/mol. The molecule has 5 nitrogen and oxygen atoms in total. The number of para-hydroxylation sites is 1. The molecule has 0 aliphatic heterocycles. The SMILES string of the molecule is Cc1ccc(CNC(=O)NCc2ccccc2OCCO)cc1F. The zero-order valence-electron chi connectivity index (χ0n) is 13.5. The Labute approximate surface area is 140 Å². The van der Waals surface area contributed by atoms with Gasteiger partial charge in [0.15, 0.2) is 0 Å². The van der Waals surface area contributed by atoms with Crippen LogP contribution in [0.1, 0.15) is 16.7 Å². The molecule has 2 aromatic rings.